The number of sulfone groups is 1. The normalized spacial score (nSPS) is 26.4. The van der Waals surface area contributed by atoms with Gasteiger partial charge in [-0.1, -0.05) is 17.8 Å². The van der Waals surface area contributed by atoms with Crippen molar-refractivity contribution in [2.45, 2.75) is 31.6 Å². The first-order valence-electron chi connectivity index (χ1n) is 7.52. The van der Waals surface area contributed by atoms with Crippen molar-refractivity contribution in [3.63, 3.8) is 0 Å². The third-order valence-electron chi connectivity index (χ3n) is 4.00. The molecule has 2 fully saturated rings. The van der Waals surface area contributed by atoms with E-state index in [1.807, 2.05) is 36.9 Å². The Morgan fingerprint density at radius 3 is 2.62 bits per heavy atom. The summed E-state index contributed by atoms with van der Waals surface area (Å²) in [5.74, 6) is -0.352. The first kappa shape index (κ1) is 17.0. The predicted molar refractivity (Wildman–Crippen MR) is 94.9 cm³/mol. The maximum Gasteiger partial charge on any atom is 0.262 e. The summed E-state index contributed by atoms with van der Waals surface area (Å²) in [7, 11) is -3.08. The number of carbonyl (C=O) groups is 1. The van der Waals surface area contributed by atoms with Crippen LogP contribution in [0.2, 0.25) is 0 Å². The average Bonchev–Trinajstić information content (AvgIpc) is 2.88. The summed E-state index contributed by atoms with van der Waals surface area (Å²) in [5, 5.41) is 9.01. The number of hydrogen-bond acceptors (Lipinski definition) is 5. The van der Waals surface area contributed by atoms with Crippen LogP contribution in [0.3, 0.4) is 0 Å². The second-order valence-corrected chi connectivity index (χ2v) is 9.50. The van der Waals surface area contributed by atoms with Crippen LogP contribution in [0.5, 0.6) is 0 Å². The van der Waals surface area contributed by atoms with Crippen molar-refractivity contribution >= 4 is 38.4 Å². The van der Waals surface area contributed by atoms with Gasteiger partial charge in [0.25, 0.3) is 5.91 Å². The van der Waals surface area contributed by atoms with E-state index in [0.717, 1.165) is 16.8 Å². The van der Waals surface area contributed by atoms with Gasteiger partial charge < -0.3 is 4.90 Å². The number of nitrogens with zero attached hydrogens (tertiary/aromatic N) is 3. The van der Waals surface area contributed by atoms with E-state index in [1.54, 1.807) is 6.07 Å². The third kappa shape index (κ3) is 3.32. The van der Waals surface area contributed by atoms with Gasteiger partial charge in [-0.05, 0) is 37.1 Å². The summed E-state index contributed by atoms with van der Waals surface area (Å²) in [6.07, 6.45) is -0.279. The number of benzene rings is 1. The highest BCUT2D eigenvalue weighted by Crippen LogP contribution is 2.41. The lowest BCUT2D eigenvalue weighted by molar-refractivity contribution is -0.116. The molecule has 6 nitrogen and oxygen atoms in total. The number of aliphatic imine (C=N–C) groups is 1. The van der Waals surface area contributed by atoms with Gasteiger partial charge >= 0.3 is 0 Å². The Bertz CT molecular complexity index is 851. The molecular formula is C16H17N3O3S2. The average molecular weight is 363 g/mol. The van der Waals surface area contributed by atoms with Gasteiger partial charge in [0.1, 0.15) is 6.42 Å². The Labute approximate surface area is 145 Å². The lowest BCUT2D eigenvalue weighted by Gasteiger charge is -2.25. The van der Waals surface area contributed by atoms with Crippen molar-refractivity contribution in [3.05, 3.63) is 29.3 Å². The van der Waals surface area contributed by atoms with Gasteiger partial charge in [0.2, 0.25) is 0 Å². The molecule has 2 aliphatic rings. The van der Waals surface area contributed by atoms with Gasteiger partial charge in [0.05, 0.1) is 23.6 Å². The number of anilines is 1. The van der Waals surface area contributed by atoms with Crippen LogP contribution in [0.25, 0.3) is 0 Å². The molecule has 2 heterocycles. The van der Waals surface area contributed by atoms with Crippen LogP contribution in [0, 0.1) is 25.2 Å². The molecule has 2 aliphatic heterocycles. The Kier molecular flexibility index (Phi) is 4.40. The van der Waals surface area contributed by atoms with E-state index in [2.05, 4.69) is 4.99 Å². The standard InChI is InChI=1S/C16H17N3O3S2/c1-10-5-11(2)7-12(6-10)19-13-8-24(21,22)9-14(13)23-16(19)18-15(20)3-4-17/h5-7,13-14H,3,8-9H2,1-2H3. The third-order valence-corrected chi connectivity index (χ3v) is 7.21. The van der Waals surface area contributed by atoms with Crippen LogP contribution < -0.4 is 4.90 Å². The minimum absolute atomic E-state index is 0.0586. The quantitative estimate of drug-likeness (QED) is 0.796. The molecule has 2 unspecified atom stereocenters. The fourth-order valence-electron chi connectivity index (χ4n) is 3.17. The van der Waals surface area contributed by atoms with E-state index in [1.165, 1.54) is 11.8 Å². The van der Waals surface area contributed by atoms with E-state index < -0.39 is 15.7 Å². The number of carbonyl (C=O) groups excluding carboxylic acids is 1. The lowest BCUT2D eigenvalue weighted by atomic mass is 10.1. The summed E-state index contributed by atoms with van der Waals surface area (Å²) in [4.78, 5) is 17.7. The topological polar surface area (TPSA) is 90.6 Å². The van der Waals surface area contributed by atoms with Crippen molar-refractivity contribution in [2.75, 3.05) is 16.4 Å². The zero-order valence-electron chi connectivity index (χ0n) is 13.4. The highest BCUT2D eigenvalue weighted by Gasteiger charge is 2.49. The largest absolute Gasteiger partial charge is 0.316 e. The van der Waals surface area contributed by atoms with E-state index >= 15 is 0 Å². The molecule has 2 saturated heterocycles. The number of fused-ring (bicyclic) bond motifs is 1. The Hall–Kier alpha value is -1.85. The predicted octanol–water partition coefficient (Wildman–Crippen LogP) is 1.82. The molecule has 0 aromatic heterocycles. The Morgan fingerprint density at radius 1 is 1.33 bits per heavy atom. The van der Waals surface area contributed by atoms with Crippen LogP contribution in [0.1, 0.15) is 17.5 Å². The number of nitriles is 1. The molecule has 0 aliphatic carbocycles. The Balaban J connectivity index is 2.04. The number of amides is 1. The number of aryl methyl sites for hydroxylation is 2. The molecular weight excluding hydrogens is 346 g/mol. The molecule has 0 N–H and O–H groups in total. The van der Waals surface area contributed by atoms with Crippen molar-refractivity contribution < 1.29 is 13.2 Å². The molecule has 0 radical (unpaired) electrons. The summed E-state index contributed by atoms with van der Waals surface area (Å²) in [5.41, 5.74) is 2.96. The van der Waals surface area contributed by atoms with Gasteiger partial charge in [-0.15, -0.1) is 0 Å². The molecule has 2 atom stereocenters. The summed E-state index contributed by atoms with van der Waals surface area (Å²) < 4.78 is 24.0. The summed E-state index contributed by atoms with van der Waals surface area (Å²) in [6.45, 7) is 3.94. The smallest absolute Gasteiger partial charge is 0.262 e. The summed E-state index contributed by atoms with van der Waals surface area (Å²) in [6, 6.07) is 7.53. The minimum atomic E-state index is -3.08. The first-order valence-corrected chi connectivity index (χ1v) is 10.2. The number of thioether (sulfide) groups is 1. The van der Waals surface area contributed by atoms with Crippen LogP contribution in [0.15, 0.2) is 23.2 Å². The molecule has 0 spiro atoms. The zero-order chi connectivity index (χ0) is 17.5. The first-order chi connectivity index (χ1) is 11.3. The molecule has 1 aromatic carbocycles. The molecule has 126 valence electrons. The van der Waals surface area contributed by atoms with Gasteiger partial charge in [-0.2, -0.15) is 10.3 Å². The molecule has 3 rings (SSSR count). The number of amidine groups is 1. The molecule has 24 heavy (non-hydrogen) atoms. The highest BCUT2D eigenvalue weighted by atomic mass is 32.2. The van der Waals surface area contributed by atoms with Crippen LogP contribution in [-0.2, 0) is 14.6 Å². The van der Waals surface area contributed by atoms with Gasteiger partial charge in [-0.25, -0.2) is 8.42 Å². The van der Waals surface area contributed by atoms with Gasteiger partial charge in [0.15, 0.2) is 15.0 Å². The van der Waals surface area contributed by atoms with E-state index in [9.17, 15) is 13.2 Å². The molecule has 0 bridgehead atoms. The molecule has 1 amide bonds. The van der Waals surface area contributed by atoms with Crippen molar-refractivity contribution in [2.24, 2.45) is 4.99 Å². The molecule has 0 saturated carbocycles. The molecule has 8 heteroatoms. The number of rotatable bonds is 2. The second-order valence-electron chi connectivity index (χ2n) is 6.14. The van der Waals surface area contributed by atoms with Crippen molar-refractivity contribution in [3.8, 4) is 6.07 Å². The van der Waals surface area contributed by atoms with Crippen molar-refractivity contribution in [1.29, 1.82) is 5.26 Å². The molecule has 1 aromatic rings. The Morgan fingerprint density at radius 2 is 2.00 bits per heavy atom. The lowest BCUT2D eigenvalue weighted by Crippen LogP contribution is -2.37. The maximum atomic E-state index is 12.0. The van der Waals surface area contributed by atoms with Gasteiger partial charge in [0, 0.05) is 10.9 Å². The summed E-state index contributed by atoms with van der Waals surface area (Å²) >= 11 is 1.32. The SMILES string of the molecule is Cc1cc(C)cc(N2C(=NC(=O)CC#N)SC3CS(=O)(=O)CC32)c1. The minimum Gasteiger partial charge on any atom is -0.316 e. The van der Waals surface area contributed by atoms with E-state index in [0.29, 0.717) is 5.17 Å². The number of hydrogen-bond donors (Lipinski definition) is 0. The van der Waals surface area contributed by atoms with Crippen LogP contribution in [0.4, 0.5) is 5.69 Å². The fourth-order valence-corrected chi connectivity index (χ4v) is 7.10. The second kappa shape index (κ2) is 6.22. The van der Waals surface area contributed by atoms with Crippen molar-refractivity contribution in [1.82, 2.24) is 0 Å². The van der Waals surface area contributed by atoms with Gasteiger partial charge in [-0.3, -0.25) is 4.79 Å². The zero-order valence-corrected chi connectivity index (χ0v) is 15.0. The van der Waals surface area contributed by atoms with E-state index in [-0.39, 0.29) is 29.2 Å². The van der Waals surface area contributed by atoms with E-state index in [4.69, 9.17) is 5.26 Å². The van der Waals surface area contributed by atoms with Crippen LogP contribution >= 0.6 is 11.8 Å². The fraction of sp³-hybridized carbons (Fsp3) is 0.438. The highest BCUT2D eigenvalue weighted by molar-refractivity contribution is 8.16. The monoisotopic (exact) mass is 363 g/mol. The maximum absolute atomic E-state index is 12.0. The van der Waals surface area contributed by atoms with Crippen LogP contribution in [-0.4, -0.2) is 42.3 Å².